The zero-order valence-corrected chi connectivity index (χ0v) is 9.26. The van der Waals surface area contributed by atoms with Crippen LogP contribution < -0.4 is 10.3 Å². The van der Waals surface area contributed by atoms with Crippen molar-refractivity contribution >= 4 is 8.25 Å². The zero-order valence-electron chi connectivity index (χ0n) is 8.26. The summed E-state index contributed by atoms with van der Waals surface area (Å²) in [6.07, 6.45) is 3.44. The number of rotatable bonds is 6. The van der Waals surface area contributed by atoms with Crippen LogP contribution in [0.25, 0.3) is 0 Å². The highest BCUT2D eigenvalue weighted by molar-refractivity contribution is 7.33. The highest BCUT2D eigenvalue weighted by Crippen LogP contribution is 2.27. The minimum Gasteiger partial charge on any atom is -0.426 e. The minimum absolute atomic E-state index is 0.252. The summed E-state index contributed by atoms with van der Waals surface area (Å²) >= 11 is 0. The Kier molecular flexibility index (Phi) is 5.78. The number of nitrogens with two attached hydrogens (primary N) is 1. The Labute approximate surface area is 89.6 Å². The van der Waals surface area contributed by atoms with Crippen molar-refractivity contribution in [3.63, 3.8) is 0 Å². The molecule has 0 aliphatic rings. The van der Waals surface area contributed by atoms with Gasteiger partial charge < -0.3 is 10.3 Å². The van der Waals surface area contributed by atoms with Gasteiger partial charge in [-0.2, -0.15) is 0 Å². The summed E-state index contributed by atoms with van der Waals surface area (Å²) in [4.78, 5) is 0. The van der Waals surface area contributed by atoms with Gasteiger partial charge in [0.25, 0.3) is 0 Å². The highest BCUT2D eigenvalue weighted by Gasteiger charge is 1.99. The van der Waals surface area contributed by atoms with Crippen molar-refractivity contribution in [1.29, 1.82) is 0 Å². The first-order chi connectivity index (χ1) is 7.33. The third-order valence-corrected chi connectivity index (χ3v) is 2.35. The van der Waals surface area contributed by atoms with E-state index in [2.05, 4.69) is 0 Å². The summed E-state index contributed by atoms with van der Waals surface area (Å²) < 4.78 is 21.2. The largest absolute Gasteiger partial charge is 0.426 e. The van der Waals surface area contributed by atoms with E-state index in [-0.39, 0.29) is 6.61 Å². The van der Waals surface area contributed by atoms with E-state index in [1.807, 2.05) is 6.07 Å². The maximum atomic E-state index is 11.3. The summed E-state index contributed by atoms with van der Waals surface area (Å²) in [6.45, 7) is 0.700. The molecule has 0 bridgehead atoms. The molecule has 15 heavy (non-hydrogen) atoms. The SMILES string of the molecule is NC/C=C\CO[PH](=O)Oc1ccccc1. The van der Waals surface area contributed by atoms with Crippen molar-refractivity contribution < 1.29 is 13.6 Å². The van der Waals surface area contributed by atoms with Gasteiger partial charge in [-0.05, 0) is 12.1 Å². The third kappa shape index (κ3) is 5.37. The van der Waals surface area contributed by atoms with E-state index >= 15 is 0 Å². The lowest BCUT2D eigenvalue weighted by molar-refractivity contribution is 0.317. The van der Waals surface area contributed by atoms with Crippen LogP contribution in [0.3, 0.4) is 0 Å². The van der Waals surface area contributed by atoms with Crippen LogP contribution in [0.5, 0.6) is 5.75 Å². The van der Waals surface area contributed by atoms with Gasteiger partial charge >= 0.3 is 8.25 Å². The smallest absolute Gasteiger partial charge is 0.368 e. The number of hydrogen-bond donors (Lipinski definition) is 1. The average molecular weight is 227 g/mol. The predicted molar refractivity (Wildman–Crippen MR) is 60.2 cm³/mol. The topological polar surface area (TPSA) is 61.5 Å². The maximum Gasteiger partial charge on any atom is 0.368 e. The van der Waals surface area contributed by atoms with E-state index in [0.717, 1.165) is 0 Å². The van der Waals surface area contributed by atoms with Gasteiger partial charge in [0.05, 0.1) is 6.61 Å². The fourth-order valence-electron chi connectivity index (χ4n) is 0.895. The Morgan fingerprint density at radius 3 is 2.67 bits per heavy atom. The van der Waals surface area contributed by atoms with Crippen LogP contribution in [-0.2, 0) is 9.09 Å². The van der Waals surface area contributed by atoms with E-state index in [0.29, 0.717) is 12.3 Å². The maximum absolute atomic E-state index is 11.3. The third-order valence-electron chi connectivity index (χ3n) is 1.54. The van der Waals surface area contributed by atoms with E-state index in [1.165, 1.54) is 0 Å². The number of para-hydroxylation sites is 1. The molecule has 1 atom stereocenters. The van der Waals surface area contributed by atoms with Gasteiger partial charge in [-0.25, -0.2) is 4.57 Å². The Hall–Kier alpha value is -1.09. The molecule has 0 radical (unpaired) electrons. The molecule has 0 heterocycles. The average Bonchev–Trinajstić information content (AvgIpc) is 2.26. The quantitative estimate of drug-likeness (QED) is 0.596. The Morgan fingerprint density at radius 2 is 2.00 bits per heavy atom. The summed E-state index contributed by atoms with van der Waals surface area (Å²) in [6, 6.07) is 8.91. The Balaban J connectivity index is 2.28. The first kappa shape index (κ1) is 12.0. The molecular formula is C10H14NO3P. The minimum atomic E-state index is -2.46. The van der Waals surface area contributed by atoms with Gasteiger partial charge in [-0.1, -0.05) is 30.4 Å². The van der Waals surface area contributed by atoms with Crippen molar-refractivity contribution in [1.82, 2.24) is 0 Å². The second kappa shape index (κ2) is 7.23. The van der Waals surface area contributed by atoms with Gasteiger partial charge in [0.15, 0.2) is 0 Å². The molecule has 1 unspecified atom stereocenters. The van der Waals surface area contributed by atoms with Gasteiger partial charge in [-0.3, -0.25) is 4.52 Å². The molecule has 0 fully saturated rings. The molecule has 0 spiro atoms. The standard InChI is InChI=1S/C10H14NO3P/c11-8-4-5-9-13-15(12)14-10-6-2-1-3-7-10/h1-7,15H,8-9,11H2/b5-4-. The highest BCUT2D eigenvalue weighted by atomic mass is 31.1. The molecule has 2 N–H and O–H groups in total. The van der Waals surface area contributed by atoms with Crippen LogP contribution in [0.1, 0.15) is 0 Å². The van der Waals surface area contributed by atoms with Crippen LogP contribution in [0.4, 0.5) is 0 Å². The van der Waals surface area contributed by atoms with Crippen LogP contribution in [0.2, 0.25) is 0 Å². The van der Waals surface area contributed by atoms with Crippen molar-refractivity contribution in [3.8, 4) is 5.75 Å². The molecule has 1 rings (SSSR count). The van der Waals surface area contributed by atoms with Crippen molar-refractivity contribution in [2.24, 2.45) is 5.73 Å². The first-order valence-electron chi connectivity index (χ1n) is 4.57. The van der Waals surface area contributed by atoms with Gasteiger partial charge in [0.1, 0.15) is 5.75 Å². The Morgan fingerprint density at radius 1 is 1.27 bits per heavy atom. The second-order valence-electron chi connectivity index (χ2n) is 2.68. The van der Waals surface area contributed by atoms with Gasteiger partial charge in [-0.15, -0.1) is 0 Å². The molecule has 0 aromatic heterocycles. The monoisotopic (exact) mass is 227 g/mol. The number of benzene rings is 1. The lowest BCUT2D eigenvalue weighted by atomic mass is 10.3. The van der Waals surface area contributed by atoms with Crippen LogP contribution >= 0.6 is 8.25 Å². The predicted octanol–water partition coefficient (Wildman–Crippen LogP) is 1.99. The molecule has 0 saturated heterocycles. The summed E-state index contributed by atoms with van der Waals surface area (Å²) in [5, 5.41) is 0. The van der Waals surface area contributed by atoms with Crippen molar-refractivity contribution in [2.45, 2.75) is 0 Å². The molecular weight excluding hydrogens is 213 g/mol. The number of hydrogen-bond acceptors (Lipinski definition) is 4. The van der Waals surface area contributed by atoms with Crippen LogP contribution in [-0.4, -0.2) is 13.2 Å². The Bertz CT molecular complexity index is 327. The summed E-state index contributed by atoms with van der Waals surface area (Å²) in [7, 11) is -2.46. The van der Waals surface area contributed by atoms with Crippen LogP contribution in [0.15, 0.2) is 42.5 Å². The fourth-order valence-corrected chi connectivity index (χ4v) is 1.51. The first-order valence-corrected chi connectivity index (χ1v) is 5.80. The molecule has 82 valence electrons. The molecule has 5 heteroatoms. The van der Waals surface area contributed by atoms with Crippen molar-refractivity contribution in [2.75, 3.05) is 13.2 Å². The van der Waals surface area contributed by atoms with E-state index in [1.54, 1.807) is 36.4 Å². The normalized spacial score (nSPS) is 12.9. The molecule has 0 amide bonds. The van der Waals surface area contributed by atoms with Gasteiger partial charge in [0, 0.05) is 6.54 Å². The molecule has 0 aliphatic carbocycles. The summed E-state index contributed by atoms with van der Waals surface area (Å²) in [5.74, 6) is 0.546. The zero-order chi connectivity index (χ0) is 10.9. The van der Waals surface area contributed by atoms with E-state index in [9.17, 15) is 4.57 Å². The fraction of sp³-hybridized carbons (Fsp3) is 0.200. The summed E-state index contributed by atoms with van der Waals surface area (Å²) in [5.41, 5.74) is 5.23. The second-order valence-corrected chi connectivity index (χ2v) is 3.68. The van der Waals surface area contributed by atoms with Crippen molar-refractivity contribution in [3.05, 3.63) is 42.5 Å². The molecule has 1 aromatic rings. The lowest BCUT2D eigenvalue weighted by Crippen LogP contribution is -1.93. The molecule has 0 aliphatic heterocycles. The van der Waals surface area contributed by atoms with Crippen LogP contribution in [0, 0.1) is 0 Å². The lowest BCUT2D eigenvalue weighted by Gasteiger charge is -2.04. The molecule has 4 nitrogen and oxygen atoms in total. The molecule has 0 saturated carbocycles. The van der Waals surface area contributed by atoms with E-state index < -0.39 is 8.25 Å². The van der Waals surface area contributed by atoms with E-state index in [4.69, 9.17) is 14.8 Å². The van der Waals surface area contributed by atoms with Gasteiger partial charge in [0.2, 0.25) is 0 Å². The molecule has 1 aromatic carbocycles.